The topological polar surface area (TPSA) is 59.4 Å². The van der Waals surface area contributed by atoms with E-state index in [0.29, 0.717) is 6.42 Å². The van der Waals surface area contributed by atoms with Crippen molar-refractivity contribution in [2.24, 2.45) is 0 Å². The van der Waals surface area contributed by atoms with Crippen LogP contribution in [0.2, 0.25) is 0 Å². The zero-order valence-electron chi connectivity index (χ0n) is 25.8. The first-order valence-corrected chi connectivity index (χ1v) is 18.8. The fraction of sp³-hybridized carbons (Fsp3) is 0.100. The quantitative estimate of drug-likeness (QED) is 0.142. The van der Waals surface area contributed by atoms with E-state index in [-0.39, 0.29) is 12.4 Å². The monoisotopic (exact) mass is 701 g/mol. The van der Waals surface area contributed by atoms with E-state index in [2.05, 4.69) is 91.0 Å². The van der Waals surface area contributed by atoms with E-state index in [0.717, 1.165) is 55.6 Å². The summed E-state index contributed by atoms with van der Waals surface area (Å²) in [5, 5.41) is 11.3. The molecule has 4 nitrogen and oxygen atoms in total. The highest BCUT2D eigenvalue weighted by Crippen LogP contribution is 2.51. The lowest BCUT2D eigenvalue weighted by atomic mass is 10.0. The van der Waals surface area contributed by atoms with Gasteiger partial charge in [-0.05, 0) is 60.7 Å². The van der Waals surface area contributed by atoms with Gasteiger partial charge in [0.1, 0.15) is 6.10 Å². The number of cyclic esters (lactones) is 1. The van der Waals surface area contributed by atoms with Crippen LogP contribution in [0.1, 0.15) is 18.4 Å². The number of ether oxygens (including phenoxy) is 1. The van der Waals surface area contributed by atoms with Gasteiger partial charge in [0.25, 0.3) is 0 Å². The van der Waals surface area contributed by atoms with E-state index in [4.69, 9.17) is 9.72 Å². The maximum Gasteiger partial charge on any atom is 0.309 e. The standard InChI is InChI=1S/C40H31NO3S4/c42-28-23-29(44-36(43)24-28)22-21-27-26-41-37-34(38(27)46-31-15-7-2-8-16-31)25-35(45-30-13-5-1-6-14-30)39(47-32-17-9-3-10-18-32)40(37)48-33-19-11-4-12-20-33/h1-22,25-26,28-29,42H,23-24H2/b22-21+/t28-,29-/m1/s1. The molecule has 1 aliphatic rings. The Bertz CT molecular complexity index is 2040. The highest BCUT2D eigenvalue weighted by molar-refractivity contribution is 8.04. The van der Waals surface area contributed by atoms with Crippen LogP contribution in [0.3, 0.4) is 0 Å². The second kappa shape index (κ2) is 15.5. The number of nitrogens with zero attached hydrogens (tertiary/aromatic N) is 1. The first-order chi connectivity index (χ1) is 23.6. The fourth-order valence-corrected chi connectivity index (χ4v) is 9.71. The minimum absolute atomic E-state index is 0.0318. The van der Waals surface area contributed by atoms with Crippen LogP contribution in [-0.4, -0.2) is 28.3 Å². The first kappa shape index (κ1) is 32.6. The summed E-state index contributed by atoms with van der Waals surface area (Å²) in [7, 11) is 0. The summed E-state index contributed by atoms with van der Waals surface area (Å²) in [5.74, 6) is -0.382. The molecule has 2 heterocycles. The Morgan fingerprint density at radius 3 is 1.71 bits per heavy atom. The van der Waals surface area contributed by atoms with Gasteiger partial charge in [-0.15, -0.1) is 0 Å². The average molecular weight is 702 g/mol. The Morgan fingerprint density at radius 1 is 0.667 bits per heavy atom. The summed E-state index contributed by atoms with van der Waals surface area (Å²) in [6.07, 6.45) is 4.98. The second-order valence-electron chi connectivity index (χ2n) is 11.1. The van der Waals surface area contributed by atoms with Gasteiger partial charge >= 0.3 is 5.97 Å². The summed E-state index contributed by atoms with van der Waals surface area (Å²) >= 11 is 6.95. The molecular formula is C40H31NO3S4. The second-order valence-corrected chi connectivity index (χ2v) is 15.5. The maximum absolute atomic E-state index is 12.1. The van der Waals surface area contributed by atoms with Gasteiger partial charge in [-0.3, -0.25) is 9.78 Å². The van der Waals surface area contributed by atoms with Gasteiger partial charge in [-0.1, -0.05) is 126 Å². The summed E-state index contributed by atoms with van der Waals surface area (Å²) in [6, 6.07) is 44.1. The van der Waals surface area contributed by atoms with Crippen LogP contribution in [0.4, 0.5) is 0 Å². The molecule has 0 saturated carbocycles. The zero-order chi connectivity index (χ0) is 32.7. The molecule has 0 aliphatic carbocycles. The number of pyridine rings is 1. The Hall–Kier alpha value is -3.92. The van der Waals surface area contributed by atoms with Crippen LogP contribution in [0.25, 0.3) is 17.0 Å². The van der Waals surface area contributed by atoms with Gasteiger partial charge in [0.05, 0.1) is 22.9 Å². The molecule has 48 heavy (non-hydrogen) atoms. The third-order valence-corrected chi connectivity index (χ3v) is 12.3. The van der Waals surface area contributed by atoms with Gasteiger partial charge in [-0.2, -0.15) is 0 Å². The molecule has 238 valence electrons. The fourth-order valence-electron chi connectivity index (χ4n) is 5.33. The van der Waals surface area contributed by atoms with Gasteiger partial charge in [0.2, 0.25) is 0 Å². The highest BCUT2D eigenvalue weighted by Gasteiger charge is 2.26. The molecule has 6 aromatic rings. The molecule has 5 aromatic carbocycles. The van der Waals surface area contributed by atoms with Crippen molar-refractivity contribution in [1.29, 1.82) is 0 Å². The molecule has 0 spiro atoms. The van der Waals surface area contributed by atoms with Crippen molar-refractivity contribution >= 4 is 70.0 Å². The molecule has 0 bridgehead atoms. The summed E-state index contributed by atoms with van der Waals surface area (Å²) in [4.78, 5) is 26.2. The van der Waals surface area contributed by atoms with E-state index in [9.17, 15) is 9.90 Å². The number of aromatic nitrogens is 1. The van der Waals surface area contributed by atoms with Crippen LogP contribution in [0, 0.1) is 0 Å². The smallest absolute Gasteiger partial charge is 0.309 e. The SMILES string of the molecule is O=C1C[C@H](O)C[C@@H](/C=C/c2cnc3c(Sc4ccccc4)c(Sc4ccccc4)c(Sc4ccccc4)cc3c2Sc2ccccc2)O1. The van der Waals surface area contributed by atoms with Crippen molar-refractivity contribution in [2.75, 3.05) is 0 Å². The predicted molar refractivity (Wildman–Crippen MR) is 198 cm³/mol. The van der Waals surface area contributed by atoms with Crippen LogP contribution < -0.4 is 0 Å². The number of esters is 1. The van der Waals surface area contributed by atoms with E-state index in [1.165, 1.54) is 0 Å². The van der Waals surface area contributed by atoms with Crippen molar-refractivity contribution in [1.82, 2.24) is 4.98 Å². The molecule has 7 rings (SSSR count). The molecule has 0 unspecified atom stereocenters. The minimum atomic E-state index is -0.704. The van der Waals surface area contributed by atoms with Gasteiger partial charge < -0.3 is 9.84 Å². The number of hydrogen-bond acceptors (Lipinski definition) is 8. The lowest BCUT2D eigenvalue weighted by Crippen LogP contribution is -2.31. The van der Waals surface area contributed by atoms with Crippen LogP contribution in [0.5, 0.6) is 0 Å². The lowest BCUT2D eigenvalue weighted by molar-refractivity contribution is -0.156. The van der Waals surface area contributed by atoms with E-state index in [1.807, 2.05) is 54.7 Å². The lowest BCUT2D eigenvalue weighted by Gasteiger charge is -2.23. The molecule has 1 saturated heterocycles. The van der Waals surface area contributed by atoms with Crippen molar-refractivity contribution in [2.45, 2.75) is 64.2 Å². The Morgan fingerprint density at radius 2 is 1.17 bits per heavy atom. The van der Waals surface area contributed by atoms with Crippen molar-refractivity contribution in [3.8, 4) is 0 Å². The largest absolute Gasteiger partial charge is 0.458 e. The molecule has 1 aliphatic heterocycles. The summed E-state index contributed by atoms with van der Waals surface area (Å²) < 4.78 is 5.55. The number of benzene rings is 5. The van der Waals surface area contributed by atoms with E-state index < -0.39 is 12.2 Å². The van der Waals surface area contributed by atoms with Crippen LogP contribution in [-0.2, 0) is 9.53 Å². The third-order valence-electron chi connectivity index (χ3n) is 7.56. The van der Waals surface area contributed by atoms with Gasteiger partial charge in [0, 0.05) is 57.8 Å². The molecule has 1 fully saturated rings. The number of aliphatic hydroxyl groups is 1. The van der Waals surface area contributed by atoms with Crippen molar-refractivity contribution in [3.63, 3.8) is 0 Å². The zero-order valence-corrected chi connectivity index (χ0v) is 29.0. The van der Waals surface area contributed by atoms with E-state index >= 15 is 0 Å². The molecular weight excluding hydrogens is 671 g/mol. The normalized spacial score (nSPS) is 16.3. The molecule has 2 atom stereocenters. The maximum atomic E-state index is 12.1. The Kier molecular flexibility index (Phi) is 10.6. The van der Waals surface area contributed by atoms with Crippen LogP contribution in [0.15, 0.2) is 179 Å². The average Bonchev–Trinajstić information content (AvgIpc) is 3.11. The Labute approximate surface area is 297 Å². The predicted octanol–water partition coefficient (Wildman–Crippen LogP) is 10.9. The number of rotatable bonds is 10. The highest BCUT2D eigenvalue weighted by atomic mass is 32.2. The number of aliphatic hydroxyl groups excluding tert-OH is 1. The third kappa shape index (κ3) is 8.02. The first-order valence-electron chi connectivity index (χ1n) is 15.6. The molecule has 1 N–H and O–H groups in total. The number of carbonyl (C=O) groups excluding carboxylic acids is 1. The summed E-state index contributed by atoms with van der Waals surface area (Å²) in [5.41, 5.74) is 1.84. The van der Waals surface area contributed by atoms with E-state index in [1.54, 1.807) is 47.0 Å². The summed E-state index contributed by atoms with van der Waals surface area (Å²) in [6.45, 7) is 0. The van der Waals surface area contributed by atoms with Gasteiger partial charge in [-0.25, -0.2) is 0 Å². The molecule has 0 radical (unpaired) electrons. The van der Waals surface area contributed by atoms with Crippen molar-refractivity contribution < 1.29 is 14.6 Å². The number of carbonyl (C=O) groups is 1. The number of fused-ring (bicyclic) bond motifs is 1. The Balaban J connectivity index is 1.45. The minimum Gasteiger partial charge on any atom is -0.458 e. The van der Waals surface area contributed by atoms with Crippen molar-refractivity contribution in [3.05, 3.63) is 145 Å². The molecule has 8 heteroatoms. The van der Waals surface area contributed by atoms with Crippen LogP contribution >= 0.6 is 47.0 Å². The molecule has 1 aromatic heterocycles. The molecule has 0 amide bonds. The van der Waals surface area contributed by atoms with Gasteiger partial charge in [0.15, 0.2) is 0 Å². The number of hydrogen-bond donors (Lipinski definition) is 1.